The molecule has 0 radical (unpaired) electrons. The van der Waals surface area contributed by atoms with Crippen LogP contribution in [0.15, 0.2) is 77.4 Å². The number of hydrogen-bond donors (Lipinski definition) is 0. The molecular weight excluding hydrogens is 460 g/mol. The van der Waals surface area contributed by atoms with E-state index in [1.165, 1.54) is 0 Å². The number of furan rings is 1. The monoisotopic (exact) mass is 486 g/mol. The van der Waals surface area contributed by atoms with Gasteiger partial charge in [0.25, 0.3) is 0 Å². The molecule has 7 rings (SSSR count). The van der Waals surface area contributed by atoms with Gasteiger partial charge in [-0.3, -0.25) is 4.79 Å². The van der Waals surface area contributed by atoms with E-state index in [4.69, 9.17) is 9.40 Å². The zero-order valence-electron chi connectivity index (χ0n) is 20.4. The van der Waals surface area contributed by atoms with E-state index >= 15 is 0 Å². The highest BCUT2D eigenvalue weighted by molar-refractivity contribution is 5.87. The summed E-state index contributed by atoms with van der Waals surface area (Å²) in [7, 11) is 0. The zero-order valence-corrected chi connectivity index (χ0v) is 20.4. The summed E-state index contributed by atoms with van der Waals surface area (Å²) in [6, 6.07) is 24.7. The van der Waals surface area contributed by atoms with Gasteiger partial charge in [-0.1, -0.05) is 36.4 Å². The number of likely N-dealkylation sites (tertiary alicyclic amines) is 1. The molecule has 2 aliphatic rings. The highest BCUT2D eigenvalue weighted by atomic mass is 16.3. The predicted octanol–water partition coefficient (Wildman–Crippen LogP) is 6.25. The lowest BCUT2D eigenvalue weighted by Gasteiger charge is -2.18. The van der Waals surface area contributed by atoms with Gasteiger partial charge in [0.05, 0.1) is 22.9 Å². The maximum absolute atomic E-state index is 12.6. The van der Waals surface area contributed by atoms with Crippen molar-refractivity contribution in [3.8, 4) is 28.6 Å². The number of carbonyl (C=O) groups is 1. The average Bonchev–Trinajstić information content (AvgIpc) is 3.32. The van der Waals surface area contributed by atoms with Crippen LogP contribution in [0.2, 0.25) is 0 Å². The average molecular weight is 487 g/mol. The van der Waals surface area contributed by atoms with Gasteiger partial charge >= 0.3 is 0 Å². The van der Waals surface area contributed by atoms with Crippen molar-refractivity contribution < 1.29 is 9.21 Å². The van der Waals surface area contributed by atoms with E-state index in [9.17, 15) is 10.1 Å². The number of hydrogen-bond acceptors (Lipinski definition) is 4. The number of rotatable bonds is 5. The van der Waals surface area contributed by atoms with E-state index in [0.717, 1.165) is 83.4 Å². The van der Waals surface area contributed by atoms with Crippen LogP contribution in [0.3, 0.4) is 0 Å². The Hall–Kier alpha value is -4.37. The lowest BCUT2D eigenvalue weighted by atomic mass is 10.0. The first-order valence-electron chi connectivity index (χ1n) is 12.9. The van der Waals surface area contributed by atoms with Crippen molar-refractivity contribution in [2.24, 2.45) is 11.8 Å². The van der Waals surface area contributed by atoms with Crippen molar-refractivity contribution in [3.05, 3.63) is 78.6 Å². The van der Waals surface area contributed by atoms with E-state index in [-0.39, 0.29) is 5.92 Å². The minimum absolute atomic E-state index is 0.251. The highest BCUT2D eigenvalue weighted by Gasteiger charge is 2.37. The summed E-state index contributed by atoms with van der Waals surface area (Å²) in [4.78, 5) is 19.6. The van der Waals surface area contributed by atoms with Gasteiger partial charge in [-0.25, -0.2) is 4.98 Å². The molecule has 3 aromatic carbocycles. The second-order valence-corrected chi connectivity index (χ2v) is 10.3. The van der Waals surface area contributed by atoms with Gasteiger partial charge < -0.3 is 13.9 Å². The minimum atomic E-state index is 0.251. The Balaban J connectivity index is 1.24. The first-order chi connectivity index (χ1) is 18.2. The van der Waals surface area contributed by atoms with Crippen LogP contribution in [-0.4, -0.2) is 33.4 Å². The van der Waals surface area contributed by atoms with Crippen LogP contribution < -0.4 is 0 Å². The number of nitriles is 1. The van der Waals surface area contributed by atoms with Crippen molar-refractivity contribution in [3.63, 3.8) is 0 Å². The summed E-state index contributed by atoms with van der Waals surface area (Å²) >= 11 is 0. The molecule has 1 saturated heterocycles. The molecule has 5 aromatic rings. The molecular formula is C31H26N4O2. The molecule has 1 atom stereocenters. The predicted molar refractivity (Wildman–Crippen MR) is 143 cm³/mol. The SMILES string of the molecule is N#Cc1cccc2nc(-c3ccc(-c4ccc5occc5c4)cc3)n(C[C@@H]3CCN(C(=O)C4CC4)C3)c12. The van der Waals surface area contributed by atoms with E-state index < -0.39 is 0 Å². The molecule has 37 heavy (non-hydrogen) atoms. The van der Waals surface area contributed by atoms with Crippen LogP contribution >= 0.6 is 0 Å². The zero-order chi connectivity index (χ0) is 24.9. The van der Waals surface area contributed by atoms with Crippen molar-refractivity contribution in [1.82, 2.24) is 14.5 Å². The molecule has 1 amide bonds. The summed E-state index contributed by atoms with van der Waals surface area (Å²) in [6.45, 7) is 2.33. The number of imidazole rings is 1. The van der Waals surface area contributed by atoms with Crippen molar-refractivity contribution in [1.29, 1.82) is 5.26 Å². The molecule has 1 saturated carbocycles. The number of benzene rings is 3. The third-order valence-electron chi connectivity index (χ3n) is 7.78. The molecule has 0 bridgehead atoms. The van der Waals surface area contributed by atoms with Crippen LogP contribution in [0.5, 0.6) is 0 Å². The Morgan fingerprint density at radius 3 is 2.62 bits per heavy atom. The molecule has 6 heteroatoms. The summed E-state index contributed by atoms with van der Waals surface area (Å²) < 4.78 is 7.68. The first-order valence-corrected chi connectivity index (χ1v) is 12.9. The fourth-order valence-electron chi connectivity index (χ4n) is 5.66. The lowest BCUT2D eigenvalue weighted by Crippen LogP contribution is -2.30. The van der Waals surface area contributed by atoms with Crippen LogP contribution in [0.25, 0.3) is 44.5 Å². The van der Waals surface area contributed by atoms with Gasteiger partial charge in [-0.2, -0.15) is 5.26 Å². The van der Waals surface area contributed by atoms with Crippen molar-refractivity contribution in [2.45, 2.75) is 25.8 Å². The highest BCUT2D eigenvalue weighted by Crippen LogP contribution is 2.35. The van der Waals surface area contributed by atoms with Crippen molar-refractivity contribution in [2.75, 3.05) is 13.1 Å². The fraction of sp³-hybridized carbons (Fsp3) is 0.258. The number of amides is 1. The second kappa shape index (κ2) is 8.63. The third-order valence-corrected chi connectivity index (χ3v) is 7.78. The molecule has 2 fully saturated rings. The van der Waals surface area contributed by atoms with Gasteiger partial charge in [-0.15, -0.1) is 0 Å². The van der Waals surface area contributed by atoms with Crippen LogP contribution in [0.1, 0.15) is 24.8 Å². The Kier molecular flexibility index (Phi) is 5.10. The first kappa shape index (κ1) is 21.9. The summed E-state index contributed by atoms with van der Waals surface area (Å²) in [5, 5.41) is 10.9. The molecule has 0 spiro atoms. The number of carbonyl (C=O) groups excluding carboxylic acids is 1. The van der Waals surface area contributed by atoms with Gasteiger partial charge in [0.2, 0.25) is 5.91 Å². The summed E-state index contributed by atoms with van der Waals surface area (Å²) in [6.07, 6.45) is 4.76. The third kappa shape index (κ3) is 3.88. The Labute approximate surface area is 214 Å². The van der Waals surface area contributed by atoms with E-state index in [0.29, 0.717) is 17.4 Å². The van der Waals surface area contributed by atoms with Crippen LogP contribution in [0.4, 0.5) is 0 Å². The van der Waals surface area contributed by atoms with E-state index in [1.54, 1.807) is 6.26 Å². The topological polar surface area (TPSA) is 75.1 Å². The summed E-state index contributed by atoms with van der Waals surface area (Å²) in [5.74, 6) is 1.77. The molecule has 1 aliphatic heterocycles. The lowest BCUT2D eigenvalue weighted by molar-refractivity contribution is -0.131. The second-order valence-electron chi connectivity index (χ2n) is 10.3. The Morgan fingerprint density at radius 1 is 1.00 bits per heavy atom. The quantitative estimate of drug-likeness (QED) is 0.294. The summed E-state index contributed by atoms with van der Waals surface area (Å²) in [5.41, 5.74) is 6.48. The normalized spacial score (nSPS) is 17.5. The molecule has 6 nitrogen and oxygen atoms in total. The molecule has 3 heterocycles. The van der Waals surface area contributed by atoms with Crippen LogP contribution in [0, 0.1) is 23.2 Å². The smallest absolute Gasteiger partial charge is 0.225 e. The largest absolute Gasteiger partial charge is 0.464 e. The number of nitrogens with zero attached hydrogens (tertiary/aromatic N) is 4. The minimum Gasteiger partial charge on any atom is -0.464 e. The maximum Gasteiger partial charge on any atom is 0.225 e. The molecule has 1 aliphatic carbocycles. The molecule has 0 N–H and O–H groups in total. The van der Waals surface area contributed by atoms with Gasteiger partial charge in [0.15, 0.2) is 0 Å². The van der Waals surface area contributed by atoms with Gasteiger partial charge in [0.1, 0.15) is 17.5 Å². The van der Waals surface area contributed by atoms with Gasteiger partial charge in [0, 0.05) is 36.5 Å². The van der Waals surface area contributed by atoms with E-state index in [2.05, 4.69) is 47.0 Å². The number of para-hydroxylation sites is 1. The molecule has 0 unspecified atom stereocenters. The molecule has 182 valence electrons. The van der Waals surface area contributed by atoms with Gasteiger partial charge in [-0.05, 0) is 66.6 Å². The molecule has 2 aromatic heterocycles. The standard InChI is InChI=1S/C31H26N4O2/c32-17-26-2-1-3-27-29(26)35(19-20-12-14-34(18-20)31(36)23-8-9-23)30(33-27)22-6-4-21(5-7-22)24-10-11-28-25(16-24)13-15-37-28/h1-7,10-11,13,15-16,20,23H,8-9,12,14,18-19H2/t20-/m1/s1. The fourth-order valence-corrected chi connectivity index (χ4v) is 5.66. The van der Waals surface area contributed by atoms with Crippen LogP contribution in [-0.2, 0) is 11.3 Å². The van der Waals surface area contributed by atoms with Crippen molar-refractivity contribution >= 4 is 27.9 Å². The maximum atomic E-state index is 12.6. The van der Waals surface area contributed by atoms with E-state index in [1.807, 2.05) is 35.2 Å². The Morgan fingerprint density at radius 2 is 1.81 bits per heavy atom. The number of aromatic nitrogens is 2. The number of fused-ring (bicyclic) bond motifs is 2. The Bertz CT molecular complexity index is 1680.